The molecule has 1 aliphatic heterocycles. The molecule has 8 nitrogen and oxygen atoms in total. The first-order chi connectivity index (χ1) is 12.1. The van der Waals surface area contributed by atoms with Crippen molar-refractivity contribution in [2.75, 3.05) is 6.61 Å². The average molecular weight is 344 g/mol. The largest absolute Gasteiger partial charge is 0.462 e. The molecular formula is C17H16N2O6. The second kappa shape index (κ2) is 6.78. The van der Waals surface area contributed by atoms with Crippen LogP contribution in [0.4, 0.5) is 0 Å². The number of carbonyl (C=O) groups excluding carboxylic acids is 1. The molecular weight excluding hydrogens is 328 g/mol. The van der Waals surface area contributed by atoms with Gasteiger partial charge in [0.15, 0.2) is 5.76 Å². The van der Waals surface area contributed by atoms with Gasteiger partial charge in [-0.25, -0.2) is 4.79 Å². The van der Waals surface area contributed by atoms with Gasteiger partial charge in [-0.05, 0) is 18.6 Å². The van der Waals surface area contributed by atoms with E-state index in [1.807, 2.05) is 0 Å². The predicted molar refractivity (Wildman–Crippen MR) is 85.5 cm³/mol. The quantitative estimate of drug-likeness (QED) is 0.780. The van der Waals surface area contributed by atoms with Gasteiger partial charge >= 0.3 is 5.97 Å². The fraction of sp³-hybridized carbons (Fsp3) is 0.235. The summed E-state index contributed by atoms with van der Waals surface area (Å²) in [6.07, 6.45) is 3.10. The number of pyridine rings is 1. The number of aliphatic hydroxyl groups excluding tert-OH is 1. The standard InChI is InChI=1S/C17H16N2O6/c1-2-23-17(22)13-12(9-4-3-5-19-7-9)15-14(25-16(13)18)11(21)6-10(8-20)24-15/h3-7,12,20H,2,8,18H2,1H3. The zero-order valence-electron chi connectivity index (χ0n) is 13.4. The zero-order valence-corrected chi connectivity index (χ0v) is 13.4. The van der Waals surface area contributed by atoms with E-state index in [4.69, 9.17) is 19.6 Å². The maximum Gasteiger partial charge on any atom is 0.340 e. The number of nitrogens with zero attached hydrogens (tertiary/aromatic N) is 1. The van der Waals surface area contributed by atoms with Gasteiger partial charge in [0.25, 0.3) is 0 Å². The summed E-state index contributed by atoms with van der Waals surface area (Å²) < 4.78 is 16.0. The lowest BCUT2D eigenvalue weighted by Crippen LogP contribution is -2.30. The van der Waals surface area contributed by atoms with Crippen LogP contribution in [-0.2, 0) is 16.1 Å². The van der Waals surface area contributed by atoms with Crippen LogP contribution in [0, 0.1) is 0 Å². The van der Waals surface area contributed by atoms with E-state index in [-0.39, 0.29) is 35.3 Å². The minimum absolute atomic E-state index is 0.0144. The van der Waals surface area contributed by atoms with Gasteiger partial charge in [0, 0.05) is 18.5 Å². The Morgan fingerprint density at radius 2 is 2.28 bits per heavy atom. The second-order valence-corrected chi connectivity index (χ2v) is 5.25. The lowest BCUT2D eigenvalue weighted by Gasteiger charge is -2.26. The van der Waals surface area contributed by atoms with Crippen LogP contribution in [0.2, 0.25) is 0 Å². The van der Waals surface area contributed by atoms with Crippen LogP contribution in [-0.4, -0.2) is 22.7 Å². The molecule has 3 rings (SSSR count). The Bertz CT molecular complexity index is 888. The summed E-state index contributed by atoms with van der Waals surface area (Å²) >= 11 is 0. The molecule has 0 spiro atoms. The maximum atomic E-state index is 12.4. The lowest BCUT2D eigenvalue weighted by molar-refractivity contribution is -0.139. The van der Waals surface area contributed by atoms with Gasteiger partial charge in [0.05, 0.1) is 12.5 Å². The van der Waals surface area contributed by atoms with Crippen molar-refractivity contribution in [2.45, 2.75) is 19.4 Å². The molecule has 8 heteroatoms. The Hall–Kier alpha value is -3.13. The SMILES string of the molecule is CCOC(=O)C1=C(N)Oc2c(oc(CO)cc2=O)C1c1cccnc1. The number of rotatable bonds is 4. The number of hydrogen-bond donors (Lipinski definition) is 2. The van der Waals surface area contributed by atoms with Crippen molar-refractivity contribution >= 4 is 5.97 Å². The Morgan fingerprint density at radius 3 is 2.92 bits per heavy atom. The van der Waals surface area contributed by atoms with Crippen molar-refractivity contribution in [1.29, 1.82) is 0 Å². The third kappa shape index (κ3) is 2.99. The molecule has 3 heterocycles. The highest BCUT2D eigenvalue weighted by Crippen LogP contribution is 2.41. The molecule has 130 valence electrons. The molecule has 25 heavy (non-hydrogen) atoms. The summed E-state index contributed by atoms with van der Waals surface area (Å²) in [7, 11) is 0. The zero-order chi connectivity index (χ0) is 18.0. The first kappa shape index (κ1) is 16.7. The highest BCUT2D eigenvalue weighted by molar-refractivity contribution is 5.92. The fourth-order valence-corrected chi connectivity index (χ4v) is 2.65. The number of esters is 1. The summed E-state index contributed by atoms with van der Waals surface area (Å²) in [5, 5.41) is 9.32. The number of carbonyl (C=O) groups is 1. The Labute approximate surface area is 142 Å². The maximum absolute atomic E-state index is 12.4. The number of fused-ring (bicyclic) bond motifs is 1. The number of aliphatic hydroxyl groups is 1. The van der Waals surface area contributed by atoms with Gasteiger partial charge in [-0.15, -0.1) is 0 Å². The molecule has 2 aromatic rings. The Kier molecular flexibility index (Phi) is 4.53. The first-order valence-electron chi connectivity index (χ1n) is 7.59. The van der Waals surface area contributed by atoms with Crippen LogP contribution in [0.15, 0.2) is 51.3 Å². The highest BCUT2D eigenvalue weighted by Gasteiger charge is 2.39. The average Bonchev–Trinajstić information content (AvgIpc) is 2.62. The third-order valence-electron chi connectivity index (χ3n) is 3.68. The minimum atomic E-state index is -0.837. The molecule has 2 aromatic heterocycles. The van der Waals surface area contributed by atoms with E-state index in [1.54, 1.807) is 25.3 Å². The summed E-state index contributed by atoms with van der Waals surface area (Å²) in [6, 6.07) is 4.50. The van der Waals surface area contributed by atoms with Gasteiger partial charge in [0.2, 0.25) is 17.1 Å². The van der Waals surface area contributed by atoms with Crippen LogP contribution >= 0.6 is 0 Å². The minimum Gasteiger partial charge on any atom is -0.462 e. The number of nitrogens with two attached hydrogens (primary N) is 1. The summed E-state index contributed by atoms with van der Waals surface area (Å²) in [4.78, 5) is 28.7. The van der Waals surface area contributed by atoms with Crippen molar-refractivity contribution in [3.8, 4) is 5.75 Å². The summed E-state index contributed by atoms with van der Waals surface area (Å²) in [6.45, 7) is 1.33. The van der Waals surface area contributed by atoms with E-state index in [9.17, 15) is 14.7 Å². The molecule has 0 aliphatic carbocycles. The van der Waals surface area contributed by atoms with Gasteiger partial charge in [-0.2, -0.15) is 0 Å². The number of aromatic nitrogens is 1. The van der Waals surface area contributed by atoms with Crippen molar-refractivity contribution in [1.82, 2.24) is 4.98 Å². The van der Waals surface area contributed by atoms with E-state index in [0.717, 1.165) is 6.07 Å². The molecule has 1 aliphatic rings. The molecule has 1 atom stereocenters. The van der Waals surface area contributed by atoms with Gasteiger partial charge in [0.1, 0.15) is 17.9 Å². The van der Waals surface area contributed by atoms with E-state index in [2.05, 4.69) is 4.98 Å². The summed E-state index contributed by atoms with van der Waals surface area (Å²) in [5.74, 6) is -1.76. The molecule has 0 aromatic carbocycles. The van der Waals surface area contributed by atoms with Crippen LogP contribution in [0.1, 0.15) is 29.9 Å². The second-order valence-electron chi connectivity index (χ2n) is 5.25. The molecule has 1 unspecified atom stereocenters. The lowest BCUT2D eigenvalue weighted by atomic mass is 9.87. The van der Waals surface area contributed by atoms with Crippen molar-refractivity contribution in [2.24, 2.45) is 5.73 Å². The molecule has 0 amide bonds. The topological polar surface area (TPSA) is 125 Å². The van der Waals surface area contributed by atoms with Crippen LogP contribution in [0.25, 0.3) is 0 Å². The fourth-order valence-electron chi connectivity index (χ4n) is 2.65. The van der Waals surface area contributed by atoms with E-state index < -0.39 is 23.9 Å². The third-order valence-corrected chi connectivity index (χ3v) is 3.68. The van der Waals surface area contributed by atoms with E-state index in [0.29, 0.717) is 5.56 Å². The highest BCUT2D eigenvalue weighted by atomic mass is 16.5. The monoisotopic (exact) mass is 344 g/mol. The number of hydrogen-bond acceptors (Lipinski definition) is 8. The van der Waals surface area contributed by atoms with E-state index in [1.165, 1.54) is 6.20 Å². The van der Waals surface area contributed by atoms with Crippen LogP contribution < -0.4 is 15.9 Å². The molecule has 0 radical (unpaired) electrons. The van der Waals surface area contributed by atoms with Gasteiger partial charge < -0.3 is 24.7 Å². The predicted octanol–water partition coefficient (Wildman–Crippen LogP) is 0.785. The van der Waals surface area contributed by atoms with Crippen molar-refractivity contribution in [3.05, 3.63) is 69.4 Å². The Balaban J connectivity index is 2.26. The number of ether oxygens (including phenoxy) is 2. The molecule has 0 saturated carbocycles. The van der Waals surface area contributed by atoms with Crippen molar-refractivity contribution < 1.29 is 23.8 Å². The molecule has 0 saturated heterocycles. The van der Waals surface area contributed by atoms with Crippen LogP contribution in [0.3, 0.4) is 0 Å². The first-order valence-corrected chi connectivity index (χ1v) is 7.59. The molecule has 0 fully saturated rings. The van der Waals surface area contributed by atoms with Crippen molar-refractivity contribution in [3.63, 3.8) is 0 Å². The summed E-state index contributed by atoms with van der Waals surface area (Å²) in [5.41, 5.74) is 5.97. The van der Waals surface area contributed by atoms with Crippen LogP contribution in [0.5, 0.6) is 5.75 Å². The Morgan fingerprint density at radius 1 is 1.48 bits per heavy atom. The normalized spacial score (nSPS) is 16.2. The molecule has 3 N–H and O–H groups in total. The van der Waals surface area contributed by atoms with Gasteiger partial charge in [-0.1, -0.05) is 6.07 Å². The smallest absolute Gasteiger partial charge is 0.340 e. The molecule has 0 bridgehead atoms. The van der Waals surface area contributed by atoms with Gasteiger partial charge in [-0.3, -0.25) is 9.78 Å². The van der Waals surface area contributed by atoms with E-state index >= 15 is 0 Å².